The quantitative estimate of drug-likeness (QED) is 0.738. The van der Waals surface area contributed by atoms with E-state index in [2.05, 4.69) is 5.32 Å². The van der Waals surface area contributed by atoms with Gasteiger partial charge >= 0.3 is 0 Å². The summed E-state index contributed by atoms with van der Waals surface area (Å²) in [4.78, 5) is 0. The van der Waals surface area contributed by atoms with Crippen LogP contribution in [0.2, 0.25) is 0 Å². The van der Waals surface area contributed by atoms with E-state index in [1.807, 2.05) is 0 Å². The van der Waals surface area contributed by atoms with Crippen molar-refractivity contribution in [1.82, 2.24) is 5.32 Å². The van der Waals surface area contributed by atoms with E-state index in [1.54, 1.807) is 0 Å². The minimum absolute atomic E-state index is 0.222. The van der Waals surface area contributed by atoms with Crippen LogP contribution in [0.1, 0.15) is 57.8 Å². The first-order valence-electron chi connectivity index (χ1n) is 7.28. The lowest BCUT2D eigenvalue weighted by molar-refractivity contribution is -0.116. The lowest BCUT2D eigenvalue weighted by Crippen LogP contribution is -2.59. The third kappa shape index (κ3) is 2.14. The molecule has 1 spiro atoms. The van der Waals surface area contributed by atoms with E-state index in [-0.39, 0.29) is 5.60 Å². The number of ether oxygens (including phenoxy) is 1. The van der Waals surface area contributed by atoms with Gasteiger partial charge in [0.05, 0.1) is 12.2 Å². The molecule has 2 saturated carbocycles. The van der Waals surface area contributed by atoms with Crippen LogP contribution in [0, 0.1) is 5.92 Å². The smallest absolute Gasteiger partial charge is 0.0838 e. The molecule has 2 nitrogen and oxygen atoms in total. The molecule has 3 aliphatic rings. The van der Waals surface area contributed by atoms with E-state index in [9.17, 15) is 0 Å². The molecule has 0 aromatic rings. The third-order valence-corrected chi connectivity index (χ3v) is 4.72. The van der Waals surface area contributed by atoms with Crippen LogP contribution in [-0.4, -0.2) is 24.8 Å². The van der Waals surface area contributed by atoms with Crippen molar-refractivity contribution in [3.05, 3.63) is 0 Å². The van der Waals surface area contributed by atoms with Gasteiger partial charge in [0.25, 0.3) is 0 Å². The Bertz CT molecular complexity index is 229. The van der Waals surface area contributed by atoms with Crippen molar-refractivity contribution < 1.29 is 4.74 Å². The molecule has 1 saturated heterocycles. The highest BCUT2D eigenvalue weighted by Gasteiger charge is 2.48. The highest BCUT2D eigenvalue weighted by molar-refractivity contribution is 5.03. The van der Waals surface area contributed by atoms with Gasteiger partial charge in [-0.15, -0.1) is 0 Å². The summed E-state index contributed by atoms with van der Waals surface area (Å²) in [5.41, 5.74) is 0.222. The molecular formula is C14H25NO. The molecule has 1 unspecified atom stereocenters. The topological polar surface area (TPSA) is 21.3 Å². The maximum absolute atomic E-state index is 6.29. The van der Waals surface area contributed by atoms with Gasteiger partial charge in [-0.05, 0) is 31.6 Å². The number of rotatable bonds is 1. The van der Waals surface area contributed by atoms with Crippen molar-refractivity contribution in [2.75, 3.05) is 13.2 Å². The average Bonchev–Trinajstić information content (AvgIpc) is 3.08. The molecule has 1 heterocycles. The zero-order valence-electron chi connectivity index (χ0n) is 10.3. The molecule has 0 bridgehead atoms. The Kier molecular flexibility index (Phi) is 3.21. The first kappa shape index (κ1) is 11.0. The predicted octanol–water partition coefficient (Wildman–Crippen LogP) is 2.87. The van der Waals surface area contributed by atoms with Gasteiger partial charge in [0.1, 0.15) is 0 Å². The maximum atomic E-state index is 6.29. The summed E-state index contributed by atoms with van der Waals surface area (Å²) in [6, 6.07) is 0.680. The number of morpholine rings is 1. The second-order valence-corrected chi connectivity index (χ2v) is 5.95. The van der Waals surface area contributed by atoms with E-state index < -0.39 is 0 Å². The molecule has 1 aliphatic heterocycles. The Morgan fingerprint density at radius 2 is 1.62 bits per heavy atom. The molecule has 2 aliphatic carbocycles. The van der Waals surface area contributed by atoms with Crippen LogP contribution < -0.4 is 5.32 Å². The van der Waals surface area contributed by atoms with Crippen molar-refractivity contribution in [2.45, 2.75) is 69.4 Å². The van der Waals surface area contributed by atoms with Crippen molar-refractivity contribution in [2.24, 2.45) is 5.92 Å². The zero-order valence-corrected chi connectivity index (χ0v) is 10.3. The van der Waals surface area contributed by atoms with Crippen LogP contribution in [0.15, 0.2) is 0 Å². The first-order chi connectivity index (χ1) is 7.91. The molecule has 3 rings (SSSR count). The molecule has 1 atom stereocenters. The van der Waals surface area contributed by atoms with E-state index >= 15 is 0 Å². The van der Waals surface area contributed by atoms with E-state index in [0.717, 1.165) is 19.1 Å². The fourth-order valence-corrected chi connectivity index (χ4v) is 3.73. The summed E-state index contributed by atoms with van der Waals surface area (Å²) in [6.07, 6.45) is 12.5. The van der Waals surface area contributed by atoms with Gasteiger partial charge in [-0.3, -0.25) is 0 Å². The first-order valence-corrected chi connectivity index (χ1v) is 7.28. The van der Waals surface area contributed by atoms with Crippen molar-refractivity contribution >= 4 is 0 Å². The molecule has 1 N–H and O–H groups in total. The largest absolute Gasteiger partial charge is 0.372 e. The molecule has 3 fully saturated rings. The van der Waals surface area contributed by atoms with Gasteiger partial charge in [-0.1, -0.05) is 32.1 Å². The van der Waals surface area contributed by atoms with Gasteiger partial charge in [-0.2, -0.15) is 0 Å². The van der Waals surface area contributed by atoms with E-state index in [1.165, 1.54) is 57.8 Å². The Morgan fingerprint density at radius 1 is 0.938 bits per heavy atom. The van der Waals surface area contributed by atoms with Crippen LogP contribution in [0.4, 0.5) is 0 Å². The van der Waals surface area contributed by atoms with Crippen molar-refractivity contribution in [3.8, 4) is 0 Å². The molecule has 16 heavy (non-hydrogen) atoms. The highest BCUT2D eigenvalue weighted by atomic mass is 16.5. The number of nitrogens with one attached hydrogen (secondary N) is 1. The van der Waals surface area contributed by atoms with Gasteiger partial charge in [0.15, 0.2) is 0 Å². The third-order valence-electron chi connectivity index (χ3n) is 4.72. The van der Waals surface area contributed by atoms with E-state index in [4.69, 9.17) is 4.74 Å². The Balaban J connectivity index is 1.74. The molecular weight excluding hydrogens is 198 g/mol. The lowest BCUT2D eigenvalue weighted by atomic mass is 9.78. The van der Waals surface area contributed by atoms with E-state index in [0.29, 0.717) is 6.04 Å². The minimum atomic E-state index is 0.222. The van der Waals surface area contributed by atoms with Crippen molar-refractivity contribution in [3.63, 3.8) is 0 Å². The van der Waals surface area contributed by atoms with Crippen LogP contribution in [0.3, 0.4) is 0 Å². The van der Waals surface area contributed by atoms with Crippen molar-refractivity contribution in [1.29, 1.82) is 0 Å². The Labute approximate surface area is 99.1 Å². The van der Waals surface area contributed by atoms with Crippen LogP contribution >= 0.6 is 0 Å². The second kappa shape index (κ2) is 4.66. The second-order valence-electron chi connectivity index (χ2n) is 5.95. The molecule has 92 valence electrons. The number of hydrogen-bond acceptors (Lipinski definition) is 2. The standard InChI is InChI=1S/C14H25NO/c1-2-4-8-14(9-5-3-1)13(12-6-7-12)15-10-11-16-14/h12-13,15H,1-11H2. The zero-order chi connectivity index (χ0) is 10.8. The van der Waals surface area contributed by atoms with Crippen LogP contribution in [0.25, 0.3) is 0 Å². The molecule has 0 aromatic carbocycles. The van der Waals surface area contributed by atoms with Gasteiger partial charge in [0, 0.05) is 12.6 Å². The molecule has 0 amide bonds. The summed E-state index contributed by atoms with van der Waals surface area (Å²) in [5.74, 6) is 0.930. The summed E-state index contributed by atoms with van der Waals surface area (Å²) >= 11 is 0. The summed E-state index contributed by atoms with van der Waals surface area (Å²) < 4.78 is 6.29. The lowest BCUT2D eigenvalue weighted by Gasteiger charge is -2.46. The summed E-state index contributed by atoms with van der Waals surface area (Å²) in [5, 5.41) is 3.76. The molecule has 2 heteroatoms. The predicted molar refractivity (Wildman–Crippen MR) is 65.5 cm³/mol. The van der Waals surface area contributed by atoms with Crippen LogP contribution in [0.5, 0.6) is 0 Å². The fraction of sp³-hybridized carbons (Fsp3) is 1.00. The molecule has 0 radical (unpaired) electrons. The van der Waals surface area contributed by atoms with Gasteiger partial charge in [0.2, 0.25) is 0 Å². The monoisotopic (exact) mass is 223 g/mol. The van der Waals surface area contributed by atoms with Crippen LogP contribution in [-0.2, 0) is 4.74 Å². The average molecular weight is 223 g/mol. The maximum Gasteiger partial charge on any atom is 0.0838 e. The Morgan fingerprint density at radius 3 is 2.31 bits per heavy atom. The summed E-state index contributed by atoms with van der Waals surface area (Å²) in [7, 11) is 0. The summed E-state index contributed by atoms with van der Waals surface area (Å²) in [6.45, 7) is 2.01. The Hall–Kier alpha value is -0.0800. The molecule has 0 aromatic heterocycles. The highest BCUT2D eigenvalue weighted by Crippen LogP contribution is 2.44. The number of hydrogen-bond donors (Lipinski definition) is 1. The normalized spacial score (nSPS) is 35.6. The fourth-order valence-electron chi connectivity index (χ4n) is 3.73. The minimum Gasteiger partial charge on any atom is -0.372 e. The van der Waals surface area contributed by atoms with Gasteiger partial charge < -0.3 is 10.1 Å². The van der Waals surface area contributed by atoms with Gasteiger partial charge in [-0.25, -0.2) is 0 Å². The SMILES string of the molecule is C1CCCC2(CCC1)OCCNC2C1CC1.